The summed E-state index contributed by atoms with van der Waals surface area (Å²) < 4.78 is 64.9. The van der Waals surface area contributed by atoms with Gasteiger partial charge in [0.25, 0.3) is 0 Å². The molecule has 0 fully saturated rings. The van der Waals surface area contributed by atoms with Crippen molar-refractivity contribution in [1.29, 1.82) is 0 Å². The quantitative estimate of drug-likeness (QED) is 0.487. The minimum absolute atomic E-state index is 0.0397. The fourth-order valence-corrected chi connectivity index (χ4v) is 2.66. The average Bonchev–Trinajstić information content (AvgIpc) is 2.12. The molecule has 18 heavy (non-hydrogen) atoms. The number of hydrogen-bond donors (Lipinski definition) is 0. The third-order valence-electron chi connectivity index (χ3n) is 2.76. The zero-order chi connectivity index (χ0) is 14.3. The summed E-state index contributed by atoms with van der Waals surface area (Å²) in [5, 5.41) is -1.73. The molecular weight excluding hydrogens is 270 g/mol. The van der Waals surface area contributed by atoms with Gasteiger partial charge in [0.05, 0.1) is 0 Å². The molecule has 0 unspecified atom stereocenters. The molecular formula is C12H16F5P. The first-order valence-corrected chi connectivity index (χ1v) is 7.44. The third kappa shape index (κ3) is 3.00. The van der Waals surface area contributed by atoms with Crippen LogP contribution in [0.1, 0.15) is 50.7 Å². The number of halogens is 5. The Balaban J connectivity index is 3.61. The molecule has 0 aliphatic heterocycles. The molecule has 0 aliphatic carbocycles. The van der Waals surface area contributed by atoms with Crippen molar-refractivity contribution in [3.63, 3.8) is 0 Å². The van der Waals surface area contributed by atoms with Gasteiger partial charge in [0.2, 0.25) is 0 Å². The van der Waals surface area contributed by atoms with Gasteiger partial charge in [-0.1, -0.05) is 0 Å². The SMILES string of the molecule is CC(C)c1ccc(P(F)(F)(F)F)c(F)c1C(C)C. The van der Waals surface area contributed by atoms with Crippen molar-refractivity contribution >= 4 is 13.2 Å². The normalized spacial score (nSPS) is 14.9. The molecule has 104 valence electrons. The zero-order valence-electron chi connectivity index (χ0n) is 10.6. The summed E-state index contributed by atoms with van der Waals surface area (Å²) in [5.74, 6) is -2.00. The second kappa shape index (κ2) is 4.44. The van der Waals surface area contributed by atoms with E-state index in [-0.39, 0.29) is 11.5 Å². The Kier molecular flexibility index (Phi) is 3.79. The molecule has 0 amide bonds. The van der Waals surface area contributed by atoms with Crippen molar-refractivity contribution in [2.75, 3.05) is 0 Å². The maximum atomic E-state index is 14.0. The number of hydrogen-bond acceptors (Lipinski definition) is 0. The van der Waals surface area contributed by atoms with E-state index in [1.807, 2.05) is 0 Å². The van der Waals surface area contributed by atoms with Gasteiger partial charge in [0, 0.05) is 0 Å². The summed E-state index contributed by atoms with van der Waals surface area (Å²) in [6, 6.07) is 1.70. The van der Waals surface area contributed by atoms with Crippen molar-refractivity contribution in [2.45, 2.75) is 39.5 Å². The van der Waals surface area contributed by atoms with E-state index in [9.17, 15) is 21.2 Å². The molecule has 6 heteroatoms. The van der Waals surface area contributed by atoms with Gasteiger partial charge < -0.3 is 0 Å². The van der Waals surface area contributed by atoms with Crippen LogP contribution in [0.3, 0.4) is 0 Å². The molecule has 0 N–H and O–H groups in total. The summed E-state index contributed by atoms with van der Waals surface area (Å²) in [4.78, 5) is 0. The topological polar surface area (TPSA) is 0 Å². The minimum atomic E-state index is -8.06. The Hall–Kier alpha value is -0.700. The molecule has 0 atom stereocenters. The van der Waals surface area contributed by atoms with E-state index in [1.165, 1.54) is 6.07 Å². The van der Waals surface area contributed by atoms with Crippen LogP contribution in [-0.4, -0.2) is 0 Å². The van der Waals surface area contributed by atoms with E-state index in [1.54, 1.807) is 27.7 Å². The monoisotopic (exact) mass is 286 g/mol. The van der Waals surface area contributed by atoms with Gasteiger partial charge in [-0.05, 0) is 0 Å². The molecule has 1 aromatic rings. The summed E-state index contributed by atoms with van der Waals surface area (Å²) in [6.07, 6.45) is 0. The van der Waals surface area contributed by atoms with Gasteiger partial charge in [-0.25, -0.2) is 0 Å². The van der Waals surface area contributed by atoms with Crippen LogP contribution < -0.4 is 5.30 Å². The summed E-state index contributed by atoms with van der Waals surface area (Å²) in [6.45, 7) is 6.71. The first kappa shape index (κ1) is 15.4. The molecule has 0 radical (unpaired) electrons. The van der Waals surface area contributed by atoms with Crippen molar-refractivity contribution in [1.82, 2.24) is 0 Å². The predicted octanol–water partition coefficient (Wildman–Crippen LogP) is 5.79. The number of benzene rings is 1. The zero-order valence-corrected chi connectivity index (χ0v) is 11.5. The van der Waals surface area contributed by atoms with Crippen LogP contribution in [-0.2, 0) is 0 Å². The Morgan fingerprint density at radius 2 is 1.39 bits per heavy atom. The van der Waals surface area contributed by atoms with E-state index in [0.29, 0.717) is 11.6 Å². The molecule has 0 nitrogen and oxygen atoms in total. The molecule has 1 aromatic carbocycles. The molecule has 1 rings (SSSR count). The molecule has 0 spiro atoms. The van der Waals surface area contributed by atoms with Crippen molar-refractivity contribution in [3.05, 3.63) is 29.1 Å². The fourth-order valence-electron chi connectivity index (χ4n) is 1.95. The van der Waals surface area contributed by atoms with Crippen molar-refractivity contribution < 1.29 is 21.2 Å². The summed E-state index contributed by atoms with van der Waals surface area (Å²) >= 11 is 0. The molecule has 0 saturated heterocycles. The Bertz CT molecular complexity index is 450. The van der Waals surface area contributed by atoms with Gasteiger partial charge in [-0.15, -0.1) is 0 Å². The van der Waals surface area contributed by atoms with Crippen molar-refractivity contribution in [3.8, 4) is 0 Å². The van der Waals surface area contributed by atoms with E-state index in [0.717, 1.165) is 0 Å². The second-order valence-electron chi connectivity index (χ2n) is 4.93. The standard InChI is InChI=1S/C12H16F5P/c1-7(2)9-5-6-10(18(14,15,16)17)12(13)11(9)8(3)4/h5-8H,1-4H3. The molecule has 0 bridgehead atoms. The Morgan fingerprint density at radius 3 is 1.72 bits per heavy atom. The van der Waals surface area contributed by atoms with Crippen LogP contribution in [0.15, 0.2) is 12.1 Å². The molecule has 0 aromatic heterocycles. The van der Waals surface area contributed by atoms with Gasteiger partial charge in [-0.2, -0.15) is 0 Å². The van der Waals surface area contributed by atoms with E-state index < -0.39 is 24.9 Å². The van der Waals surface area contributed by atoms with Crippen molar-refractivity contribution in [2.24, 2.45) is 0 Å². The second-order valence-corrected chi connectivity index (χ2v) is 6.86. The first-order chi connectivity index (χ1) is 7.92. The fraction of sp³-hybridized carbons (Fsp3) is 0.500. The summed E-state index contributed by atoms with van der Waals surface area (Å²) in [7, 11) is -8.06. The molecule has 0 saturated carbocycles. The van der Waals surface area contributed by atoms with E-state index in [4.69, 9.17) is 0 Å². The van der Waals surface area contributed by atoms with Gasteiger partial charge in [-0.3, -0.25) is 0 Å². The Morgan fingerprint density at radius 1 is 0.889 bits per heavy atom. The van der Waals surface area contributed by atoms with Crippen LogP contribution >= 0.6 is 7.85 Å². The van der Waals surface area contributed by atoms with Crippen LogP contribution in [0.4, 0.5) is 21.2 Å². The maximum absolute atomic E-state index is 14.0. The van der Waals surface area contributed by atoms with E-state index in [2.05, 4.69) is 0 Å². The predicted molar refractivity (Wildman–Crippen MR) is 65.6 cm³/mol. The summed E-state index contributed by atoms with van der Waals surface area (Å²) in [5.41, 5.74) is 0.453. The molecule has 0 heterocycles. The first-order valence-electron chi connectivity index (χ1n) is 5.64. The van der Waals surface area contributed by atoms with Gasteiger partial charge >= 0.3 is 103 Å². The van der Waals surface area contributed by atoms with Crippen LogP contribution in [0, 0.1) is 5.82 Å². The average molecular weight is 286 g/mol. The van der Waals surface area contributed by atoms with Crippen LogP contribution in [0.5, 0.6) is 0 Å². The number of rotatable bonds is 3. The van der Waals surface area contributed by atoms with Gasteiger partial charge in [0.15, 0.2) is 0 Å². The van der Waals surface area contributed by atoms with Crippen LogP contribution in [0.2, 0.25) is 0 Å². The molecule has 0 aliphatic rings. The van der Waals surface area contributed by atoms with Gasteiger partial charge in [0.1, 0.15) is 0 Å². The van der Waals surface area contributed by atoms with Crippen LogP contribution in [0.25, 0.3) is 0 Å². The Labute approximate surface area is 104 Å². The van der Waals surface area contributed by atoms with E-state index >= 15 is 0 Å². The third-order valence-corrected chi connectivity index (χ3v) is 3.83.